The molecular weight excluding hydrogens is 494 g/mol. The van der Waals surface area contributed by atoms with E-state index in [1.807, 2.05) is 0 Å². The van der Waals surface area contributed by atoms with E-state index in [1.54, 1.807) is 0 Å². The summed E-state index contributed by atoms with van der Waals surface area (Å²) in [5.74, 6) is 0. The Balaban J connectivity index is 1.34. The fraction of sp³-hybridized carbons (Fsp3) is 0.150. The Bertz CT molecular complexity index is 2260. The van der Waals surface area contributed by atoms with Crippen molar-refractivity contribution in [3.8, 4) is 27.9 Å². The molecule has 7 aromatic rings. The molecule has 6 aromatic carbocycles. The maximum atomic E-state index is 2.49. The van der Waals surface area contributed by atoms with E-state index >= 15 is 0 Å². The lowest BCUT2D eigenvalue weighted by Gasteiger charge is -2.22. The van der Waals surface area contributed by atoms with Gasteiger partial charge in [-0.1, -0.05) is 107 Å². The van der Waals surface area contributed by atoms with Crippen molar-refractivity contribution in [3.05, 3.63) is 138 Å². The van der Waals surface area contributed by atoms with Gasteiger partial charge in [0.1, 0.15) is 0 Å². The average Bonchev–Trinajstić information content (AvgIpc) is 3.54. The van der Waals surface area contributed by atoms with Crippen molar-refractivity contribution in [1.29, 1.82) is 0 Å². The minimum absolute atomic E-state index is 0.0266. The molecule has 0 saturated carbocycles. The van der Waals surface area contributed by atoms with Crippen molar-refractivity contribution in [2.24, 2.45) is 0 Å². The molecule has 0 unspecified atom stereocenters. The molecule has 0 fully saturated rings. The number of nitrogens with zero attached hydrogens (tertiary/aromatic N) is 1. The first kappa shape index (κ1) is 23.1. The van der Waals surface area contributed by atoms with E-state index in [0.717, 1.165) is 0 Å². The van der Waals surface area contributed by atoms with E-state index < -0.39 is 0 Å². The molecule has 0 N–H and O–H groups in total. The normalized spacial score (nSPS) is 15.7. The number of para-hydroxylation sites is 1. The van der Waals surface area contributed by atoms with E-state index in [0.29, 0.717) is 0 Å². The van der Waals surface area contributed by atoms with Gasteiger partial charge in [-0.2, -0.15) is 0 Å². The fourth-order valence-electron chi connectivity index (χ4n) is 8.10. The number of hydrogen-bond acceptors (Lipinski definition) is 0. The molecule has 41 heavy (non-hydrogen) atoms. The van der Waals surface area contributed by atoms with Crippen LogP contribution in [0.15, 0.2) is 115 Å². The van der Waals surface area contributed by atoms with E-state index in [2.05, 4.69) is 148 Å². The Morgan fingerprint density at radius 1 is 0.439 bits per heavy atom. The van der Waals surface area contributed by atoms with Crippen molar-refractivity contribution in [1.82, 2.24) is 4.57 Å². The topological polar surface area (TPSA) is 4.93 Å². The van der Waals surface area contributed by atoms with E-state index in [4.69, 9.17) is 0 Å². The third-order valence-corrected chi connectivity index (χ3v) is 10.2. The van der Waals surface area contributed by atoms with Gasteiger partial charge < -0.3 is 4.57 Å². The molecule has 9 rings (SSSR count). The first-order valence-electron chi connectivity index (χ1n) is 14.7. The second kappa shape index (κ2) is 7.56. The van der Waals surface area contributed by atoms with Crippen LogP contribution in [0.25, 0.3) is 60.5 Å². The quantitative estimate of drug-likeness (QED) is 0.201. The lowest BCUT2D eigenvalue weighted by Crippen LogP contribution is -2.15. The summed E-state index contributed by atoms with van der Waals surface area (Å²) in [5.41, 5.74) is 14.8. The van der Waals surface area contributed by atoms with Crippen molar-refractivity contribution < 1.29 is 0 Å². The van der Waals surface area contributed by atoms with Crippen LogP contribution in [0.4, 0.5) is 0 Å². The summed E-state index contributed by atoms with van der Waals surface area (Å²) >= 11 is 0. The molecule has 0 atom stereocenters. The van der Waals surface area contributed by atoms with Gasteiger partial charge in [0.2, 0.25) is 0 Å². The van der Waals surface area contributed by atoms with E-state index in [-0.39, 0.29) is 10.8 Å². The number of benzene rings is 6. The van der Waals surface area contributed by atoms with Crippen LogP contribution < -0.4 is 0 Å². The number of fused-ring (bicyclic) bond motifs is 11. The monoisotopic (exact) mass is 525 g/mol. The highest BCUT2D eigenvalue weighted by atomic mass is 15.0. The van der Waals surface area contributed by atoms with Crippen LogP contribution in [0.2, 0.25) is 0 Å². The zero-order valence-electron chi connectivity index (χ0n) is 23.9. The van der Waals surface area contributed by atoms with Gasteiger partial charge in [0, 0.05) is 27.3 Å². The molecule has 0 aliphatic heterocycles. The molecule has 0 amide bonds. The zero-order valence-corrected chi connectivity index (χ0v) is 23.9. The van der Waals surface area contributed by atoms with Gasteiger partial charge in [0.05, 0.1) is 11.0 Å². The minimum Gasteiger partial charge on any atom is -0.309 e. The number of rotatable bonds is 1. The predicted octanol–water partition coefficient (Wildman–Crippen LogP) is 10.5. The van der Waals surface area contributed by atoms with Crippen molar-refractivity contribution in [2.75, 3.05) is 0 Å². The van der Waals surface area contributed by atoms with Crippen molar-refractivity contribution in [2.45, 2.75) is 38.5 Å². The summed E-state index contributed by atoms with van der Waals surface area (Å²) in [6.45, 7) is 9.47. The summed E-state index contributed by atoms with van der Waals surface area (Å²) in [5, 5.41) is 5.29. The Labute approximate surface area is 240 Å². The van der Waals surface area contributed by atoms with Gasteiger partial charge in [-0.05, 0) is 91.7 Å². The molecule has 1 aromatic heterocycles. The molecular formula is C40H31N. The third-order valence-electron chi connectivity index (χ3n) is 10.2. The van der Waals surface area contributed by atoms with Gasteiger partial charge in [-0.25, -0.2) is 0 Å². The van der Waals surface area contributed by atoms with E-state index in [1.165, 1.54) is 82.8 Å². The van der Waals surface area contributed by atoms with Crippen LogP contribution >= 0.6 is 0 Å². The molecule has 1 heteroatoms. The lowest BCUT2D eigenvalue weighted by atomic mass is 9.81. The molecule has 196 valence electrons. The summed E-state index contributed by atoms with van der Waals surface area (Å²) in [4.78, 5) is 0. The maximum Gasteiger partial charge on any atom is 0.0547 e. The Kier molecular flexibility index (Phi) is 4.26. The van der Waals surface area contributed by atoms with Gasteiger partial charge in [-0.15, -0.1) is 0 Å². The molecule has 0 bridgehead atoms. The Morgan fingerprint density at radius 2 is 1.05 bits per heavy atom. The Morgan fingerprint density at radius 3 is 1.80 bits per heavy atom. The molecule has 1 heterocycles. The van der Waals surface area contributed by atoms with Crippen LogP contribution in [0.3, 0.4) is 0 Å². The third kappa shape index (κ3) is 2.81. The second-order valence-electron chi connectivity index (χ2n) is 13.0. The zero-order chi connectivity index (χ0) is 27.7. The highest BCUT2D eigenvalue weighted by Gasteiger charge is 2.37. The second-order valence-corrected chi connectivity index (χ2v) is 13.0. The molecule has 2 aliphatic carbocycles. The number of aromatic nitrogens is 1. The van der Waals surface area contributed by atoms with Crippen LogP contribution in [-0.4, -0.2) is 4.57 Å². The largest absolute Gasteiger partial charge is 0.309 e. The smallest absolute Gasteiger partial charge is 0.0547 e. The SMILES string of the molecule is CC1(C)c2ccccc2-c2ccc(-n3c4ccccc4c4c5cc6c(cc5ccc43)-c3ccccc3C6(C)C)cc21. The van der Waals surface area contributed by atoms with Gasteiger partial charge in [0.25, 0.3) is 0 Å². The van der Waals surface area contributed by atoms with Gasteiger partial charge in [-0.3, -0.25) is 0 Å². The van der Waals surface area contributed by atoms with Crippen LogP contribution in [0.1, 0.15) is 49.9 Å². The lowest BCUT2D eigenvalue weighted by molar-refractivity contribution is 0.660. The van der Waals surface area contributed by atoms with Crippen LogP contribution in [0.5, 0.6) is 0 Å². The average molecular weight is 526 g/mol. The van der Waals surface area contributed by atoms with Crippen LogP contribution in [-0.2, 0) is 10.8 Å². The molecule has 0 spiro atoms. The summed E-state index contributed by atoms with van der Waals surface area (Å²) in [7, 11) is 0. The summed E-state index contributed by atoms with van der Waals surface area (Å²) < 4.78 is 2.48. The first-order chi connectivity index (χ1) is 19.9. The van der Waals surface area contributed by atoms with Crippen LogP contribution in [0, 0.1) is 0 Å². The fourth-order valence-corrected chi connectivity index (χ4v) is 8.10. The Hall–Kier alpha value is -4.62. The van der Waals surface area contributed by atoms with Gasteiger partial charge in [0.15, 0.2) is 0 Å². The van der Waals surface area contributed by atoms with E-state index in [9.17, 15) is 0 Å². The first-order valence-corrected chi connectivity index (χ1v) is 14.7. The standard InChI is InChI=1S/C40H31N/c1-39(2)32-14-8-5-11-26(32)28-19-18-25(22-34(28)39)41-36-16-10-7-13-29(36)38-30-23-35-31(21-24(30)17-20-37(38)41)27-12-6-9-15-33(27)40(35,3)4/h5-23H,1-4H3. The minimum atomic E-state index is -0.0332. The predicted molar refractivity (Wildman–Crippen MR) is 173 cm³/mol. The highest BCUT2D eigenvalue weighted by Crippen LogP contribution is 2.52. The molecule has 2 aliphatic rings. The number of hydrogen-bond donors (Lipinski definition) is 0. The van der Waals surface area contributed by atoms with Gasteiger partial charge >= 0.3 is 0 Å². The maximum absolute atomic E-state index is 2.49. The molecule has 0 saturated heterocycles. The highest BCUT2D eigenvalue weighted by molar-refractivity contribution is 6.22. The summed E-state index contributed by atoms with van der Waals surface area (Å²) in [6.07, 6.45) is 0. The molecule has 0 radical (unpaired) electrons. The van der Waals surface area contributed by atoms with Crippen molar-refractivity contribution in [3.63, 3.8) is 0 Å². The summed E-state index contributed by atoms with van der Waals surface area (Å²) in [6, 6.07) is 43.4. The molecule has 1 nitrogen and oxygen atoms in total. The van der Waals surface area contributed by atoms with Crippen molar-refractivity contribution >= 4 is 32.6 Å².